The van der Waals surface area contributed by atoms with Crippen LogP contribution in [0.2, 0.25) is 0 Å². The van der Waals surface area contributed by atoms with Crippen LogP contribution in [0.5, 0.6) is 0 Å². The summed E-state index contributed by atoms with van der Waals surface area (Å²) in [6, 6.07) is 0. The van der Waals surface area contributed by atoms with E-state index in [0.717, 1.165) is 5.92 Å². The van der Waals surface area contributed by atoms with Crippen LogP contribution in [0.25, 0.3) is 0 Å². The van der Waals surface area contributed by atoms with Crippen LogP contribution in [0, 0.1) is 5.92 Å². The third kappa shape index (κ3) is 16.5. The van der Waals surface area contributed by atoms with Crippen molar-refractivity contribution >= 4 is 17.4 Å². The molecule has 0 aliphatic rings. The Balaban J connectivity index is 0. The Morgan fingerprint density at radius 3 is 1.41 bits per heavy atom. The first kappa shape index (κ1) is 19.9. The SMILES string of the molecule is CCCCCCCCC(C)CCCCCC.[AlH3]. The lowest BCUT2D eigenvalue weighted by Gasteiger charge is -2.10. The fourth-order valence-corrected chi connectivity index (χ4v) is 2.34. The van der Waals surface area contributed by atoms with E-state index in [1.54, 1.807) is 0 Å². The molecule has 17 heavy (non-hydrogen) atoms. The van der Waals surface area contributed by atoms with Crippen molar-refractivity contribution in [2.75, 3.05) is 0 Å². The fraction of sp³-hybridized carbons (Fsp3) is 1.00. The smallest absolute Gasteiger partial charge is 0.0654 e. The highest BCUT2D eigenvalue weighted by molar-refractivity contribution is 5.75. The lowest BCUT2D eigenvalue weighted by atomic mass is 9.96. The zero-order chi connectivity index (χ0) is 12.1. The standard InChI is InChI=1S/C16H34.Al.3H/c1-4-6-8-10-11-13-15-16(3)14-12-9-7-5-2;;;;/h16H,4-15H2,1-3H3;;;;. The molecule has 0 saturated carbocycles. The first-order valence-electron chi connectivity index (χ1n) is 7.81. The first-order valence-corrected chi connectivity index (χ1v) is 7.81. The van der Waals surface area contributed by atoms with Gasteiger partial charge in [-0.2, -0.15) is 0 Å². The van der Waals surface area contributed by atoms with Gasteiger partial charge in [0.05, 0.1) is 0 Å². The molecule has 0 aromatic carbocycles. The number of rotatable bonds is 12. The molecule has 0 heterocycles. The summed E-state index contributed by atoms with van der Waals surface area (Å²) in [5, 5.41) is 0. The van der Waals surface area contributed by atoms with Crippen molar-refractivity contribution in [1.29, 1.82) is 0 Å². The Bertz CT molecular complexity index is 123. The summed E-state index contributed by atoms with van der Waals surface area (Å²) >= 11 is 0. The Kier molecular flexibility index (Phi) is 19.3. The van der Waals surface area contributed by atoms with Crippen LogP contribution in [-0.4, -0.2) is 17.4 Å². The molecule has 0 aromatic heterocycles. The molecule has 0 saturated heterocycles. The number of hydrogen-bond donors (Lipinski definition) is 0. The van der Waals surface area contributed by atoms with Gasteiger partial charge in [-0.05, 0) is 5.92 Å². The van der Waals surface area contributed by atoms with Crippen molar-refractivity contribution in [3.63, 3.8) is 0 Å². The van der Waals surface area contributed by atoms with Gasteiger partial charge in [0.1, 0.15) is 0 Å². The molecule has 0 N–H and O–H groups in total. The highest BCUT2D eigenvalue weighted by Gasteiger charge is 2.01. The average Bonchev–Trinajstić information content (AvgIpc) is 2.29. The van der Waals surface area contributed by atoms with Crippen LogP contribution >= 0.6 is 0 Å². The molecule has 0 aliphatic heterocycles. The first-order chi connectivity index (χ1) is 7.81. The van der Waals surface area contributed by atoms with Crippen LogP contribution in [0.4, 0.5) is 0 Å². The van der Waals surface area contributed by atoms with Crippen LogP contribution in [-0.2, 0) is 0 Å². The maximum atomic E-state index is 2.44. The van der Waals surface area contributed by atoms with Gasteiger partial charge in [-0.25, -0.2) is 0 Å². The molecule has 1 atom stereocenters. The normalized spacial score (nSPS) is 12.2. The van der Waals surface area contributed by atoms with Crippen LogP contribution in [0.3, 0.4) is 0 Å². The molecule has 0 nitrogen and oxygen atoms in total. The summed E-state index contributed by atoms with van der Waals surface area (Å²) in [7, 11) is 0. The molecule has 1 unspecified atom stereocenters. The van der Waals surface area contributed by atoms with Gasteiger partial charge in [-0.15, -0.1) is 0 Å². The number of hydrogen-bond acceptors (Lipinski definition) is 0. The molecule has 104 valence electrons. The second-order valence-corrected chi connectivity index (χ2v) is 5.51. The Hall–Kier alpha value is 0.532. The van der Waals surface area contributed by atoms with Crippen LogP contribution in [0.15, 0.2) is 0 Å². The largest absolute Gasteiger partial charge is 0.187 e. The van der Waals surface area contributed by atoms with Gasteiger partial charge >= 0.3 is 0 Å². The predicted octanol–water partition coefficient (Wildman–Crippen LogP) is 5.16. The van der Waals surface area contributed by atoms with Gasteiger partial charge in [-0.3, -0.25) is 0 Å². The Morgan fingerprint density at radius 2 is 0.941 bits per heavy atom. The quantitative estimate of drug-likeness (QED) is 0.334. The summed E-state index contributed by atoms with van der Waals surface area (Å²) in [5.74, 6) is 0.975. The lowest BCUT2D eigenvalue weighted by molar-refractivity contribution is 0.434. The summed E-state index contributed by atoms with van der Waals surface area (Å²) in [6.45, 7) is 7.02. The topological polar surface area (TPSA) is 0 Å². The van der Waals surface area contributed by atoms with Crippen LogP contribution in [0.1, 0.15) is 97.8 Å². The van der Waals surface area contributed by atoms with E-state index in [2.05, 4.69) is 20.8 Å². The van der Waals surface area contributed by atoms with Crippen molar-refractivity contribution in [1.82, 2.24) is 0 Å². The monoisotopic (exact) mass is 256 g/mol. The van der Waals surface area contributed by atoms with Gasteiger partial charge in [0.2, 0.25) is 0 Å². The van der Waals surface area contributed by atoms with Crippen molar-refractivity contribution in [2.24, 2.45) is 5.92 Å². The summed E-state index contributed by atoms with van der Waals surface area (Å²) in [6.07, 6.45) is 17.3. The summed E-state index contributed by atoms with van der Waals surface area (Å²) in [4.78, 5) is 0. The highest BCUT2D eigenvalue weighted by atomic mass is 27.0. The van der Waals surface area contributed by atoms with E-state index in [0.29, 0.717) is 0 Å². The van der Waals surface area contributed by atoms with E-state index in [-0.39, 0.29) is 17.4 Å². The maximum Gasteiger partial charge on any atom is 0.187 e. The molecular weight excluding hydrogens is 219 g/mol. The minimum Gasteiger partial charge on any atom is -0.0654 e. The third-order valence-electron chi connectivity index (χ3n) is 3.60. The highest BCUT2D eigenvalue weighted by Crippen LogP contribution is 2.17. The summed E-state index contributed by atoms with van der Waals surface area (Å²) in [5.41, 5.74) is 0. The minimum atomic E-state index is 0. The van der Waals surface area contributed by atoms with E-state index in [1.807, 2.05) is 0 Å². The van der Waals surface area contributed by atoms with Gasteiger partial charge in [0.25, 0.3) is 0 Å². The molecule has 0 bridgehead atoms. The van der Waals surface area contributed by atoms with Crippen molar-refractivity contribution in [3.05, 3.63) is 0 Å². The molecule has 0 fully saturated rings. The van der Waals surface area contributed by atoms with E-state index in [9.17, 15) is 0 Å². The van der Waals surface area contributed by atoms with E-state index >= 15 is 0 Å². The molecule has 1 heteroatoms. The zero-order valence-corrected chi connectivity index (χ0v) is 12.1. The molecule has 0 radical (unpaired) electrons. The maximum absolute atomic E-state index is 2.44. The molecule has 0 spiro atoms. The third-order valence-corrected chi connectivity index (χ3v) is 3.60. The fourth-order valence-electron chi connectivity index (χ4n) is 2.34. The van der Waals surface area contributed by atoms with Crippen molar-refractivity contribution < 1.29 is 0 Å². The van der Waals surface area contributed by atoms with Gasteiger partial charge in [0, 0.05) is 0 Å². The average molecular weight is 256 g/mol. The minimum absolute atomic E-state index is 0. The van der Waals surface area contributed by atoms with E-state index in [1.165, 1.54) is 77.0 Å². The Morgan fingerprint density at radius 1 is 0.588 bits per heavy atom. The molecule has 0 rings (SSSR count). The molecule has 0 aromatic rings. The van der Waals surface area contributed by atoms with E-state index < -0.39 is 0 Å². The van der Waals surface area contributed by atoms with Crippen molar-refractivity contribution in [2.45, 2.75) is 97.8 Å². The van der Waals surface area contributed by atoms with E-state index in [4.69, 9.17) is 0 Å². The van der Waals surface area contributed by atoms with Crippen LogP contribution < -0.4 is 0 Å². The Labute approximate surface area is 121 Å². The molecule has 0 aliphatic carbocycles. The molecule has 0 amide bonds. The zero-order valence-electron chi connectivity index (χ0n) is 12.1. The lowest BCUT2D eigenvalue weighted by Crippen LogP contribution is -1.95. The second kappa shape index (κ2) is 16.5. The molecular formula is C16H37Al. The van der Waals surface area contributed by atoms with Gasteiger partial charge < -0.3 is 0 Å². The second-order valence-electron chi connectivity index (χ2n) is 5.51. The van der Waals surface area contributed by atoms with Crippen molar-refractivity contribution in [3.8, 4) is 0 Å². The van der Waals surface area contributed by atoms with Gasteiger partial charge in [-0.1, -0.05) is 97.8 Å². The predicted molar refractivity (Wildman–Crippen MR) is 85.9 cm³/mol. The van der Waals surface area contributed by atoms with Gasteiger partial charge in [0.15, 0.2) is 17.4 Å². The summed E-state index contributed by atoms with van der Waals surface area (Å²) < 4.78 is 0. The number of unbranched alkanes of at least 4 members (excludes halogenated alkanes) is 8.